The molecule has 1 nitrogen and oxygen atoms in total. The highest BCUT2D eigenvalue weighted by Crippen LogP contribution is 2.35. The summed E-state index contributed by atoms with van der Waals surface area (Å²) < 4.78 is 1.20. The van der Waals surface area contributed by atoms with Crippen molar-refractivity contribution in [2.75, 3.05) is 0 Å². The lowest BCUT2D eigenvalue weighted by Gasteiger charge is -2.22. The van der Waals surface area contributed by atoms with Gasteiger partial charge in [0.2, 0.25) is 0 Å². The van der Waals surface area contributed by atoms with E-state index < -0.39 is 0 Å². The first kappa shape index (κ1) is 21.9. The third kappa shape index (κ3) is 6.65. The van der Waals surface area contributed by atoms with Gasteiger partial charge < -0.3 is 4.98 Å². The molecule has 0 amide bonds. The Morgan fingerprint density at radius 3 is 2.21 bits per heavy atom. The van der Waals surface area contributed by atoms with E-state index in [0.29, 0.717) is 0 Å². The van der Waals surface area contributed by atoms with Crippen molar-refractivity contribution in [1.29, 1.82) is 0 Å². The highest BCUT2D eigenvalue weighted by molar-refractivity contribution is 9.10. The quantitative estimate of drug-likeness (QED) is 0.295. The Hall–Kier alpha value is -0.760. The average molecular weight is 447 g/mol. The fourth-order valence-electron chi connectivity index (χ4n) is 4.98. The van der Waals surface area contributed by atoms with Gasteiger partial charge in [0.1, 0.15) is 0 Å². The Labute approximate surface area is 181 Å². The second-order valence-corrected chi connectivity index (χ2v) is 9.97. The van der Waals surface area contributed by atoms with Gasteiger partial charge in [-0.25, -0.2) is 0 Å². The van der Waals surface area contributed by atoms with E-state index in [9.17, 15) is 0 Å². The van der Waals surface area contributed by atoms with Gasteiger partial charge in [-0.1, -0.05) is 106 Å². The number of aromatic amines is 1. The molecular weight excluding hydrogens is 406 g/mol. The molecule has 1 N–H and O–H groups in total. The van der Waals surface area contributed by atoms with Gasteiger partial charge in [-0.2, -0.15) is 0 Å². The zero-order valence-corrected chi connectivity index (χ0v) is 19.6. The fourth-order valence-corrected chi connectivity index (χ4v) is 5.34. The summed E-state index contributed by atoms with van der Waals surface area (Å²) in [6, 6.07) is 6.67. The summed E-state index contributed by atoms with van der Waals surface area (Å²) in [4.78, 5) is 3.66. The van der Waals surface area contributed by atoms with Crippen molar-refractivity contribution in [3.63, 3.8) is 0 Å². The number of halogens is 1. The Morgan fingerprint density at radius 1 is 0.893 bits per heavy atom. The van der Waals surface area contributed by atoms with Crippen molar-refractivity contribution in [3.05, 3.63) is 33.9 Å². The molecule has 0 bridgehead atoms. The topological polar surface area (TPSA) is 15.8 Å². The van der Waals surface area contributed by atoms with E-state index in [1.54, 1.807) is 5.56 Å². The van der Waals surface area contributed by atoms with Gasteiger partial charge in [0.15, 0.2) is 0 Å². The van der Waals surface area contributed by atoms with Crippen LogP contribution >= 0.6 is 15.9 Å². The van der Waals surface area contributed by atoms with Crippen LogP contribution in [0.3, 0.4) is 0 Å². The van der Waals surface area contributed by atoms with Crippen LogP contribution in [0.4, 0.5) is 0 Å². The van der Waals surface area contributed by atoms with Gasteiger partial charge >= 0.3 is 0 Å². The van der Waals surface area contributed by atoms with Crippen LogP contribution in [0.5, 0.6) is 0 Å². The minimum absolute atomic E-state index is 0.897. The zero-order chi connectivity index (χ0) is 19.6. The first-order valence-corrected chi connectivity index (χ1v) is 12.9. The van der Waals surface area contributed by atoms with Crippen LogP contribution < -0.4 is 0 Å². The first-order valence-electron chi connectivity index (χ1n) is 12.1. The zero-order valence-electron chi connectivity index (χ0n) is 18.0. The summed E-state index contributed by atoms with van der Waals surface area (Å²) in [6.07, 6.45) is 22.7. The molecule has 1 unspecified atom stereocenters. The number of benzene rings is 1. The van der Waals surface area contributed by atoms with Crippen molar-refractivity contribution in [2.24, 2.45) is 5.92 Å². The lowest BCUT2D eigenvalue weighted by atomic mass is 9.83. The number of hydrogen-bond acceptors (Lipinski definition) is 0. The summed E-state index contributed by atoms with van der Waals surface area (Å²) in [7, 11) is 0. The van der Waals surface area contributed by atoms with Crippen molar-refractivity contribution in [3.8, 4) is 0 Å². The molecule has 3 rings (SSSR count). The number of hydrogen-bond donors (Lipinski definition) is 1. The minimum Gasteiger partial charge on any atom is -0.358 e. The van der Waals surface area contributed by atoms with Crippen molar-refractivity contribution >= 4 is 26.8 Å². The molecule has 0 radical (unpaired) electrons. The van der Waals surface area contributed by atoms with Gasteiger partial charge in [0.25, 0.3) is 0 Å². The van der Waals surface area contributed by atoms with Crippen LogP contribution in [0, 0.1) is 5.92 Å². The SMILES string of the molecule is CCCCCCCCCCCCCCC1CCc2[nH]c3ccc(Br)cc3c2C1. The maximum atomic E-state index is 3.66. The van der Waals surface area contributed by atoms with Crippen molar-refractivity contribution < 1.29 is 0 Å². The van der Waals surface area contributed by atoms with E-state index >= 15 is 0 Å². The Morgan fingerprint density at radius 2 is 1.54 bits per heavy atom. The molecule has 1 aromatic heterocycles. The van der Waals surface area contributed by atoms with Gasteiger partial charge in [-0.05, 0) is 48.9 Å². The molecule has 28 heavy (non-hydrogen) atoms. The lowest BCUT2D eigenvalue weighted by Crippen LogP contribution is -2.13. The maximum Gasteiger partial charge on any atom is 0.0459 e. The van der Waals surface area contributed by atoms with Crippen LogP contribution in [0.2, 0.25) is 0 Å². The van der Waals surface area contributed by atoms with Crippen LogP contribution in [0.15, 0.2) is 22.7 Å². The highest BCUT2D eigenvalue weighted by Gasteiger charge is 2.22. The summed E-state index contributed by atoms with van der Waals surface area (Å²) in [5, 5.41) is 1.45. The smallest absolute Gasteiger partial charge is 0.0459 e. The minimum atomic E-state index is 0.897. The third-order valence-electron chi connectivity index (χ3n) is 6.72. The van der Waals surface area contributed by atoms with E-state index in [-0.39, 0.29) is 0 Å². The van der Waals surface area contributed by atoms with Gasteiger partial charge in [-0.3, -0.25) is 0 Å². The molecule has 2 aromatic rings. The standard InChI is InChI=1S/C26H40BrN/c1-2-3-4-5-6-7-8-9-10-11-12-13-14-21-15-17-25-23(19-21)24-20-22(27)16-18-26(24)28-25/h16,18,20-21,28H,2-15,17,19H2,1H3. The molecule has 1 atom stereocenters. The Bertz CT molecular complexity index is 702. The predicted molar refractivity (Wildman–Crippen MR) is 127 cm³/mol. The second kappa shape index (κ2) is 12.1. The molecule has 0 saturated heterocycles. The van der Waals surface area contributed by atoms with Crippen LogP contribution in [0.25, 0.3) is 10.9 Å². The number of nitrogens with one attached hydrogen (secondary N) is 1. The largest absolute Gasteiger partial charge is 0.358 e. The summed E-state index contributed by atoms with van der Waals surface area (Å²) >= 11 is 3.64. The van der Waals surface area contributed by atoms with Crippen LogP contribution in [0.1, 0.15) is 108 Å². The molecule has 2 heteroatoms. The average Bonchev–Trinajstić information content (AvgIpc) is 3.06. The van der Waals surface area contributed by atoms with Crippen molar-refractivity contribution in [2.45, 2.75) is 110 Å². The van der Waals surface area contributed by atoms with Gasteiger partial charge in [-0.15, -0.1) is 0 Å². The van der Waals surface area contributed by atoms with E-state index in [4.69, 9.17) is 0 Å². The lowest BCUT2D eigenvalue weighted by molar-refractivity contribution is 0.403. The van der Waals surface area contributed by atoms with E-state index in [1.807, 2.05) is 0 Å². The molecule has 156 valence electrons. The van der Waals surface area contributed by atoms with E-state index in [2.05, 4.69) is 46.0 Å². The molecule has 0 aliphatic heterocycles. The number of aromatic nitrogens is 1. The van der Waals surface area contributed by atoms with Gasteiger partial charge in [0, 0.05) is 21.1 Å². The Kier molecular flexibility index (Phi) is 9.44. The van der Waals surface area contributed by atoms with E-state index in [0.717, 1.165) is 5.92 Å². The highest BCUT2D eigenvalue weighted by atomic mass is 79.9. The normalized spacial score (nSPS) is 16.6. The third-order valence-corrected chi connectivity index (χ3v) is 7.21. The number of fused-ring (bicyclic) bond motifs is 3. The molecule has 0 saturated carbocycles. The Balaban J connectivity index is 1.26. The maximum absolute atomic E-state index is 3.66. The molecule has 1 heterocycles. The van der Waals surface area contributed by atoms with Crippen LogP contribution in [-0.2, 0) is 12.8 Å². The number of H-pyrrole nitrogens is 1. The van der Waals surface area contributed by atoms with Crippen LogP contribution in [-0.4, -0.2) is 4.98 Å². The monoisotopic (exact) mass is 445 g/mol. The second-order valence-electron chi connectivity index (χ2n) is 9.06. The van der Waals surface area contributed by atoms with Gasteiger partial charge in [0.05, 0.1) is 0 Å². The molecule has 0 spiro atoms. The number of rotatable bonds is 13. The first-order chi connectivity index (χ1) is 13.8. The predicted octanol–water partition coefficient (Wildman–Crippen LogP) is 9.13. The molecule has 1 aliphatic carbocycles. The van der Waals surface area contributed by atoms with E-state index in [1.165, 1.54) is 124 Å². The van der Waals surface area contributed by atoms with Crippen molar-refractivity contribution in [1.82, 2.24) is 4.98 Å². The fraction of sp³-hybridized carbons (Fsp3) is 0.692. The molecule has 1 aliphatic rings. The molecule has 1 aromatic carbocycles. The number of aryl methyl sites for hydroxylation is 1. The summed E-state index contributed by atoms with van der Waals surface area (Å²) in [6.45, 7) is 2.30. The summed E-state index contributed by atoms with van der Waals surface area (Å²) in [5.41, 5.74) is 4.42. The molecule has 0 fully saturated rings. The number of unbranched alkanes of at least 4 members (excludes halogenated alkanes) is 11. The molecular formula is C26H40BrN. The summed E-state index contributed by atoms with van der Waals surface area (Å²) in [5.74, 6) is 0.897.